The van der Waals surface area contributed by atoms with Crippen molar-refractivity contribution in [2.24, 2.45) is 0 Å². The predicted octanol–water partition coefficient (Wildman–Crippen LogP) is 4.61. The van der Waals surface area contributed by atoms with E-state index in [2.05, 4.69) is 5.32 Å². The number of rotatable bonds is 7. The highest BCUT2D eigenvalue weighted by atomic mass is 35.5. The summed E-state index contributed by atoms with van der Waals surface area (Å²) in [5.41, 5.74) is 0.0865. The number of nitrogens with one attached hydrogen (secondary N) is 1. The van der Waals surface area contributed by atoms with Gasteiger partial charge in [-0.3, -0.25) is 10.1 Å². The van der Waals surface area contributed by atoms with Gasteiger partial charge in [0.15, 0.2) is 0 Å². The standard InChI is InChI=1S/C19H15ClF2N2O4/c20-11-1-4-15(17(7-11)24(26)27)19-6-3-13(28-19)9-23-10-18(25)14-5-2-12(21)8-16(14)22/h1-8,18,23,25H,9-10H2. The summed E-state index contributed by atoms with van der Waals surface area (Å²) in [6, 6.07) is 10.4. The third-order valence-electron chi connectivity index (χ3n) is 4.04. The lowest BCUT2D eigenvalue weighted by atomic mass is 10.1. The van der Waals surface area contributed by atoms with E-state index in [-0.39, 0.29) is 34.9 Å². The molecule has 1 aromatic heterocycles. The van der Waals surface area contributed by atoms with Gasteiger partial charge >= 0.3 is 0 Å². The second-order valence-electron chi connectivity index (χ2n) is 6.00. The smallest absolute Gasteiger partial charge is 0.281 e. The Bertz CT molecular complexity index is 1010. The highest BCUT2D eigenvalue weighted by Crippen LogP contribution is 2.33. The number of aliphatic hydroxyl groups excluding tert-OH is 1. The Labute approximate surface area is 163 Å². The molecule has 1 atom stereocenters. The number of nitro benzene ring substituents is 1. The fourth-order valence-electron chi connectivity index (χ4n) is 2.70. The molecule has 146 valence electrons. The summed E-state index contributed by atoms with van der Waals surface area (Å²) >= 11 is 5.81. The van der Waals surface area contributed by atoms with Crippen LogP contribution in [0.2, 0.25) is 5.02 Å². The highest BCUT2D eigenvalue weighted by Gasteiger charge is 2.19. The first-order chi connectivity index (χ1) is 13.3. The molecule has 6 nitrogen and oxygen atoms in total. The molecule has 2 N–H and O–H groups in total. The van der Waals surface area contributed by atoms with E-state index in [0.29, 0.717) is 17.6 Å². The van der Waals surface area contributed by atoms with Gasteiger partial charge in [-0.25, -0.2) is 8.78 Å². The zero-order valence-corrected chi connectivity index (χ0v) is 15.1. The van der Waals surface area contributed by atoms with E-state index in [0.717, 1.165) is 6.07 Å². The molecular formula is C19H15ClF2N2O4. The summed E-state index contributed by atoms with van der Waals surface area (Å²) in [5, 5.41) is 24.4. The number of hydrogen-bond donors (Lipinski definition) is 2. The van der Waals surface area contributed by atoms with Crippen molar-refractivity contribution < 1.29 is 23.2 Å². The van der Waals surface area contributed by atoms with Crippen molar-refractivity contribution in [3.8, 4) is 11.3 Å². The van der Waals surface area contributed by atoms with E-state index in [4.69, 9.17) is 16.0 Å². The van der Waals surface area contributed by atoms with E-state index in [1.807, 2.05) is 0 Å². The van der Waals surface area contributed by atoms with E-state index in [1.165, 1.54) is 24.3 Å². The first-order valence-corrected chi connectivity index (χ1v) is 8.59. The predicted molar refractivity (Wildman–Crippen MR) is 98.8 cm³/mol. The molecule has 0 spiro atoms. The molecule has 3 aromatic rings. The number of nitrogens with zero attached hydrogens (tertiary/aromatic N) is 1. The second kappa shape index (κ2) is 8.47. The molecule has 1 heterocycles. The maximum atomic E-state index is 13.7. The third-order valence-corrected chi connectivity index (χ3v) is 4.28. The molecule has 0 amide bonds. The van der Waals surface area contributed by atoms with E-state index >= 15 is 0 Å². The lowest BCUT2D eigenvalue weighted by molar-refractivity contribution is -0.384. The van der Waals surface area contributed by atoms with Gasteiger partial charge < -0.3 is 14.8 Å². The van der Waals surface area contributed by atoms with Crippen molar-refractivity contribution in [2.45, 2.75) is 12.6 Å². The van der Waals surface area contributed by atoms with Gasteiger partial charge in [0.25, 0.3) is 5.69 Å². The van der Waals surface area contributed by atoms with Crippen LogP contribution < -0.4 is 5.32 Å². The average molecular weight is 409 g/mol. The Morgan fingerprint density at radius 2 is 1.96 bits per heavy atom. The molecule has 9 heteroatoms. The topological polar surface area (TPSA) is 88.5 Å². The van der Waals surface area contributed by atoms with Crippen molar-refractivity contribution in [3.05, 3.63) is 86.6 Å². The molecule has 3 rings (SSSR count). The largest absolute Gasteiger partial charge is 0.459 e. The zero-order chi connectivity index (χ0) is 20.3. The molecular weight excluding hydrogens is 394 g/mol. The van der Waals surface area contributed by atoms with Crippen LogP contribution in [0.15, 0.2) is 52.9 Å². The van der Waals surface area contributed by atoms with Crippen molar-refractivity contribution >= 4 is 17.3 Å². The molecule has 0 bridgehead atoms. The van der Waals surface area contributed by atoms with E-state index in [1.54, 1.807) is 12.1 Å². The average Bonchev–Trinajstić information content (AvgIpc) is 3.10. The van der Waals surface area contributed by atoms with Gasteiger partial charge in [-0.05, 0) is 30.3 Å². The molecule has 0 aliphatic carbocycles. The number of furan rings is 1. The lowest BCUT2D eigenvalue weighted by Gasteiger charge is -2.12. The summed E-state index contributed by atoms with van der Waals surface area (Å²) in [7, 11) is 0. The van der Waals surface area contributed by atoms with Gasteiger partial charge in [0, 0.05) is 29.3 Å². The molecule has 0 aliphatic heterocycles. The monoisotopic (exact) mass is 408 g/mol. The van der Waals surface area contributed by atoms with Crippen LogP contribution in [0.25, 0.3) is 11.3 Å². The number of hydrogen-bond acceptors (Lipinski definition) is 5. The molecule has 0 fully saturated rings. The molecule has 0 saturated carbocycles. The second-order valence-corrected chi connectivity index (χ2v) is 6.43. The van der Waals surface area contributed by atoms with Crippen LogP contribution >= 0.6 is 11.6 Å². The van der Waals surface area contributed by atoms with Gasteiger partial charge in [-0.2, -0.15) is 0 Å². The van der Waals surface area contributed by atoms with Crippen LogP contribution in [0, 0.1) is 21.7 Å². The van der Waals surface area contributed by atoms with Gasteiger partial charge in [0.05, 0.1) is 23.1 Å². The Morgan fingerprint density at radius 1 is 1.18 bits per heavy atom. The molecule has 0 radical (unpaired) electrons. The summed E-state index contributed by atoms with van der Waals surface area (Å²) in [5.74, 6) is -0.790. The van der Waals surface area contributed by atoms with Crippen molar-refractivity contribution in [1.29, 1.82) is 0 Å². The Hall–Kier alpha value is -2.81. The molecule has 0 aliphatic rings. The van der Waals surface area contributed by atoms with Crippen LogP contribution in [-0.4, -0.2) is 16.6 Å². The maximum absolute atomic E-state index is 13.7. The van der Waals surface area contributed by atoms with Crippen molar-refractivity contribution in [2.75, 3.05) is 6.54 Å². The minimum atomic E-state index is -1.17. The maximum Gasteiger partial charge on any atom is 0.281 e. The number of aliphatic hydroxyl groups is 1. The summed E-state index contributed by atoms with van der Waals surface area (Å²) in [6.07, 6.45) is -1.17. The first kappa shape index (κ1) is 19.9. The SMILES string of the molecule is O=[N+]([O-])c1cc(Cl)ccc1-c1ccc(CNCC(O)c2ccc(F)cc2F)o1. The minimum Gasteiger partial charge on any atom is -0.459 e. The van der Waals surface area contributed by atoms with Crippen LogP contribution in [0.3, 0.4) is 0 Å². The Kier molecular flexibility index (Phi) is 6.03. The normalized spacial score (nSPS) is 12.1. The Morgan fingerprint density at radius 3 is 2.68 bits per heavy atom. The highest BCUT2D eigenvalue weighted by molar-refractivity contribution is 6.30. The van der Waals surface area contributed by atoms with Crippen LogP contribution in [0.1, 0.15) is 17.4 Å². The summed E-state index contributed by atoms with van der Waals surface area (Å²) < 4.78 is 32.2. The summed E-state index contributed by atoms with van der Waals surface area (Å²) in [4.78, 5) is 10.6. The molecule has 1 unspecified atom stereocenters. The van der Waals surface area contributed by atoms with Crippen molar-refractivity contribution in [1.82, 2.24) is 5.32 Å². The number of benzene rings is 2. The number of halogens is 3. The Balaban J connectivity index is 1.65. The fourth-order valence-corrected chi connectivity index (χ4v) is 2.86. The van der Waals surface area contributed by atoms with E-state index in [9.17, 15) is 24.0 Å². The van der Waals surface area contributed by atoms with E-state index < -0.39 is 22.7 Å². The number of nitro groups is 1. The van der Waals surface area contributed by atoms with Crippen LogP contribution in [0.5, 0.6) is 0 Å². The molecule has 0 saturated heterocycles. The van der Waals surface area contributed by atoms with Crippen molar-refractivity contribution in [3.63, 3.8) is 0 Å². The van der Waals surface area contributed by atoms with Crippen LogP contribution in [-0.2, 0) is 6.54 Å². The van der Waals surface area contributed by atoms with Gasteiger partial charge in [0.2, 0.25) is 0 Å². The van der Waals surface area contributed by atoms with Gasteiger partial charge in [0.1, 0.15) is 23.2 Å². The minimum absolute atomic E-state index is 0.000319. The lowest BCUT2D eigenvalue weighted by Crippen LogP contribution is -2.21. The zero-order valence-electron chi connectivity index (χ0n) is 14.4. The van der Waals surface area contributed by atoms with Crippen LogP contribution in [0.4, 0.5) is 14.5 Å². The van der Waals surface area contributed by atoms with Gasteiger partial charge in [-0.1, -0.05) is 17.7 Å². The quantitative estimate of drug-likeness (QED) is 0.440. The first-order valence-electron chi connectivity index (χ1n) is 8.22. The molecule has 28 heavy (non-hydrogen) atoms. The molecule has 2 aromatic carbocycles. The fraction of sp³-hybridized carbons (Fsp3) is 0.158. The van der Waals surface area contributed by atoms with Gasteiger partial charge in [-0.15, -0.1) is 0 Å². The summed E-state index contributed by atoms with van der Waals surface area (Å²) in [6.45, 7) is 0.195. The third kappa shape index (κ3) is 4.53.